The summed E-state index contributed by atoms with van der Waals surface area (Å²) in [4.78, 5) is 24.2. The molecule has 1 aromatic carbocycles. The molecule has 0 aromatic heterocycles. The molecule has 2 fully saturated rings. The molecule has 136 valence electrons. The molecular weight excluding hydrogens is 342 g/mol. The van der Waals surface area contributed by atoms with Gasteiger partial charge in [0.2, 0.25) is 21.8 Å². The third-order valence-electron chi connectivity index (χ3n) is 4.55. The number of hydrogen-bond acceptors (Lipinski definition) is 4. The molecule has 1 aliphatic carbocycles. The Labute approximate surface area is 147 Å². The van der Waals surface area contributed by atoms with Crippen molar-refractivity contribution in [2.24, 2.45) is 5.92 Å². The van der Waals surface area contributed by atoms with Gasteiger partial charge < -0.3 is 10.6 Å². The topological polar surface area (TPSA) is 95.6 Å². The van der Waals surface area contributed by atoms with Gasteiger partial charge in [0.25, 0.3) is 0 Å². The van der Waals surface area contributed by atoms with Crippen LogP contribution in [0.5, 0.6) is 0 Å². The number of anilines is 2. The van der Waals surface area contributed by atoms with E-state index in [1.54, 1.807) is 24.3 Å². The standard InChI is InChI=1S/C17H23N3O4S/c1-25(23,24)20-11-3-2-4-15(20)17(22)19-14-9-7-13(8-10-14)18-16(21)12-5-6-12/h7-10,12,15H,2-6,11H2,1H3,(H,18,21)(H,19,22). The van der Waals surface area contributed by atoms with E-state index in [0.717, 1.165) is 31.9 Å². The summed E-state index contributed by atoms with van der Waals surface area (Å²) in [7, 11) is -3.41. The molecule has 7 nitrogen and oxygen atoms in total. The van der Waals surface area contributed by atoms with Gasteiger partial charge in [-0.1, -0.05) is 6.42 Å². The van der Waals surface area contributed by atoms with E-state index in [4.69, 9.17) is 0 Å². The molecular formula is C17H23N3O4S. The molecule has 0 bridgehead atoms. The largest absolute Gasteiger partial charge is 0.326 e. The summed E-state index contributed by atoms with van der Waals surface area (Å²) in [6, 6.07) is 6.19. The highest BCUT2D eigenvalue weighted by atomic mass is 32.2. The van der Waals surface area contributed by atoms with Crippen LogP contribution < -0.4 is 10.6 Å². The van der Waals surface area contributed by atoms with Gasteiger partial charge >= 0.3 is 0 Å². The minimum absolute atomic E-state index is 0.0304. The predicted molar refractivity (Wildman–Crippen MR) is 95.6 cm³/mol. The molecule has 2 amide bonds. The van der Waals surface area contributed by atoms with Crippen molar-refractivity contribution in [1.82, 2.24) is 4.31 Å². The lowest BCUT2D eigenvalue weighted by Gasteiger charge is -2.32. The Hall–Kier alpha value is -1.93. The van der Waals surface area contributed by atoms with Gasteiger partial charge in [0.1, 0.15) is 6.04 Å². The van der Waals surface area contributed by atoms with Crippen molar-refractivity contribution in [3.63, 3.8) is 0 Å². The highest BCUT2D eigenvalue weighted by Gasteiger charge is 2.34. The Balaban J connectivity index is 1.62. The Morgan fingerprint density at radius 2 is 1.52 bits per heavy atom. The van der Waals surface area contributed by atoms with Crippen molar-refractivity contribution in [3.8, 4) is 0 Å². The van der Waals surface area contributed by atoms with E-state index in [0.29, 0.717) is 24.3 Å². The fourth-order valence-electron chi connectivity index (χ4n) is 3.02. The van der Waals surface area contributed by atoms with E-state index in [9.17, 15) is 18.0 Å². The van der Waals surface area contributed by atoms with Crippen LogP contribution in [0, 0.1) is 5.92 Å². The first-order valence-electron chi connectivity index (χ1n) is 8.53. The average molecular weight is 365 g/mol. The first-order valence-corrected chi connectivity index (χ1v) is 10.4. The van der Waals surface area contributed by atoms with Gasteiger partial charge in [-0.25, -0.2) is 8.42 Å². The zero-order valence-corrected chi connectivity index (χ0v) is 15.0. The fourth-order valence-corrected chi connectivity index (χ4v) is 4.14. The van der Waals surface area contributed by atoms with Crippen LogP contribution in [-0.4, -0.2) is 43.4 Å². The number of piperidine rings is 1. The highest BCUT2D eigenvalue weighted by molar-refractivity contribution is 7.88. The minimum Gasteiger partial charge on any atom is -0.326 e. The molecule has 0 radical (unpaired) electrons. The van der Waals surface area contributed by atoms with E-state index in [1.807, 2.05) is 0 Å². The number of rotatable bonds is 5. The Bertz CT molecular complexity index is 757. The van der Waals surface area contributed by atoms with Crippen LogP contribution in [0.4, 0.5) is 11.4 Å². The van der Waals surface area contributed by atoms with Gasteiger partial charge in [0.05, 0.1) is 6.26 Å². The second-order valence-electron chi connectivity index (χ2n) is 6.72. The molecule has 2 N–H and O–H groups in total. The van der Waals surface area contributed by atoms with Gasteiger partial charge in [-0.2, -0.15) is 4.31 Å². The molecule has 0 spiro atoms. The summed E-state index contributed by atoms with van der Waals surface area (Å²) in [6.07, 6.45) is 5.14. The predicted octanol–water partition coefficient (Wildman–Crippen LogP) is 1.79. The zero-order chi connectivity index (χ0) is 18.0. The van der Waals surface area contributed by atoms with Crippen molar-refractivity contribution in [2.45, 2.75) is 38.1 Å². The third kappa shape index (κ3) is 4.58. The lowest BCUT2D eigenvalue weighted by molar-refractivity contribution is -0.120. The van der Waals surface area contributed by atoms with Crippen LogP contribution in [-0.2, 0) is 19.6 Å². The monoisotopic (exact) mass is 365 g/mol. The normalized spacial score (nSPS) is 21.6. The summed E-state index contributed by atoms with van der Waals surface area (Å²) in [5.74, 6) is -0.157. The molecule has 1 saturated carbocycles. The molecule has 2 aliphatic rings. The van der Waals surface area contributed by atoms with Gasteiger partial charge in [0, 0.05) is 23.8 Å². The van der Waals surface area contributed by atoms with Gasteiger partial charge in [-0.05, 0) is 49.9 Å². The van der Waals surface area contributed by atoms with E-state index in [2.05, 4.69) is 10.6 Å². The van der Waals surface area contributed by atoms with Crippen LogP contribution in [0.15, 0.2) is 24.3 Å². The van der Waals surface area contributed by atoms with Crippen LogP contribution in [0.2, 0.25) is 0 Å². The Kier molecular flexibility index (Phi) is 5.10. The van der Waals surface area contributed by atoms with Crippen molar-refractivity contribution in [3.05, 3.63) is 24.3 Å². The number of amides is 2. The SMILES string of the molecule is CS(=O)(=O)N1CCCCC1C(=O)Nc1ccc(NC(=O)C2CC2)cc1. The smallest absolute Gasteiger partial charge is 0.242 e. The van der Waals surface area contributed by atoms with Crippen LogP contribution in [0.3, 0.4) is 0 Å². The number of carbonyl (C=O) groups excluding carboxylic acids is 2. The molecule has 1 unspecified atom stereocenters. The van der Waals surface area contributed by atoms with Crippen molar-refractivity contribution in [1.29, 1.82) is 0 Å². The molecule has 1 saturated heterocycles. The maximum atomic E-state index is 12.5. The van der Waals surface area contributed by atoms with Crippen molar-refractivity contribution < 1.29 is 18.0 Å². The first kappa shape index (κ1) is 17.9. The number of nitrogens with one attached hydrogen (secondary N) is 2. The van der Waals surface area contributed by atoms with E-state index in [-0.39, 0.29) is 17.7 Å². The molecule has 1 heterocycles. The van der Waals surface area contributed by atoms with Crippen LogP contribution >= 0.6 is 0 Å². The molecule has 3 rings (SSSR count). The summed E-state index contributed by atoms with van der Waals surface area (Å²) in [6.45, 7) is 0.378. The first-order chi connectivity index (χ1) is 11.8. The highest BCUT2D eigenvalue weighted by Crippen LogP contribution is 2.30. The summed E-state index contributed by atoms with van der Waals surface area (Å²) in [5.41, 5.74) is 1.26. The Morgan fingerprint density at radius 3 is 2.04 bits per heavy atom. The maximum Gasteiger partial charge on any atom is 0.242 e. The number of hydrogen-bond donors (Lipinski definition) is 2. The van der Waals surface area contributed by atoms with Crippen LogP contribution in [0.1, 0.15) is 32.1 Å². The molecule has 8 heteroatoms. The third-order valence-corrected chi connectivity index (χ3v) is 5.84. The quantitative estimate of drug-likeness (QED) is 0.831. The average Bonchev–Trinajstić information content (AvgIpc) is 3.41. The summed E-state index contributed by atoms with van der Waals surface area (Å²) in [5, 5.41) is 5.61. The fraction of sp³-hybridized carbons (Fsp3) is 0.529. The lowest BCUT2D eigenvalue weighted by atomic mass is 10.0. The maximum absolute atomic E-state index is 12.5. The lowest BCUT2D eigenvalue weighted by Crippen LogP contribution is -2.49. The number of benzene rings is 1. The van der Waals surface area contributed by atoms with Gasteiger partial charge in [-0.15, -0.1) is 0 Å². The Morgan fingerprint density at radius 1 is 0.960 bits per heavy atom. The molecule has 25 heavy (non-hydrogen) atoms. The molecule has 1 aliphatic heterocycles. The van der Waals surface area contributed by atoms with Crippen molar-refractivity contribution >= 4 is 33.2 Å². The number of sulfonamides is 1. The van der Waals surface area contributed by atoms with Crippen molar-refractivity contribution in [2.75, 3.05) is 23.4 Å². The molecule has 1 atom stereocenters. The summed E-state index contributed by atoms with van der Waals surface area (Å²) >= 11 is 0. The number of nitrogens with zero attached hydrogens (tertiary/aromatic N) is 1. The van der Waals surface area contributed by atoms with Gasteiger partial charge in [-0.3, -0.25) is 9.59 Å². The van der Waals surface area contributed by atoms with E-state index in [1.165, 1.54) is 4.31 Å². The van der Waals surface area contributed by atoms with Crippen LogP contribution in [0.25, 0.3) is 0 Å². The summed E-state index contributed by atoms with van der Waals surface area (Å²) < 4.78 is 25.0. The van der Waals surface area contributed by atoms with Gasteiger partial charge in [0.15, 0.2) is 0 Å². The second-order valence-corrected chi connectivity index (χ2v) is 8.65. The number of carbonyl (C=O) groups is 2. The second kappa shape index (κ2) is 7.13. The van der Waals surface area contributed by atoms with E-state index < -0.39 is 16.1 Å². The zero-order valence-electron chi connectivity index (χ0n) is 14.2. The molecule has 1 aromatic rings. The minimum atomic E-state index is -3.41. The van der Waals surface area contributed by atoms with E-state index >= 15 is 0 Å².